The van der Waals surface area contributed by atoms with Gasteiger partial charge in [0.2, 0.25) is 0 Å². The molecule has 12 heavy (non-hydrogen) atoms. The maximum Gasteiger partial charge on any atom is 0.0104 e. The molecule has 70 valence electrons. The molecule has 0 bridgehead atoms. The molecule has 1 unspecified atom stereocenters. The molecular weight excluding hydrogens is 146 g/mol. The Labute approximate surface area is 76.6 Å². The van der Waals surface area contributed by atoms with E-state index in [1.54, 1.807) is 0 Å². The first-order valence-corrected chi connectivity index (χ1v) is 4.69. The lowest BCUT2D eigenvalue weighted by molar-refractivity contribution is 0.498. The van der Waals surface area contributed by atoms with Crippen LogP contribution in [0.4, 0.5) is 0 Å². The lowest BCUT2D eigenvalue weighted by Crippen LogP contribution is -2.28. The van der Waals surface area contributed by atoms with E-state index >= 15 is 0 Å². The van der Waals surface area contributed by atoms with E-state index in [-0.39, 0.29) is 0 Å². The minimum Gasteiger partial charge on any atom is -0.314 e. The van der Waals surface area contributed by atoms with E-state index in [1.807, 2.05) is 6.08 Å². The first-order valence-electron chi connectivity index (χ1n) is 4.69. The van der Waals surface area contributed by atoms with Crippen LogP contribution in [0.2, 0.25) is 0 Å². The van der Waals surface area contributed by atoms with Crippen molar-refractivity contribution >= 4 is 0 Å². The van der Waals surface area contributed by atoms with E-state index in [9.17, 15) is 0 Å². The van der Waals surface area contributed by atoms with Gasteiger partial charge >= 0.3 is 0 Å². The Morgan fingerprint density at radius 2 is 2.25 bits per heavy atom. The fourth-order valence-corrected chi connectivity index (χ4v) is 1.21. The van der Waals surface area contributed by atoms with Crippen molar-refractivity contribution in [1.82, 2.24) is 5.32 Å². The Hall–Kier alpha value is -0.560. The monoisotopic (exact) mass is 167 g/mol. The summed E-state index contributed by atoms with van der Waals surface area (Å²) in [6, 6.07) is 0.587. The van der Waals surface area contributed by atoms with Crippen LogP contribution in [0.25, 0.3) is 0 Å². The van der Waals surface area contributed by atoms with Gasteiger partial charge in [-0.05, 0) is 32.7 Å². The highest BCUT2D eigenvalue weighted by Gasteiger charge is 2.03. The van der Waals surface area contributed by atoms with Gasteiger partial charge in [-0.1, -0.05) is 18.6 Å². The van der Waals surface area contributed by atoms with Crippen molar-refractivity contribution in [3.8, 4) is 0 Å². The van der Waals surface area contributed by atoms with Crippen LogP contribution in [0.5, 0.6) is 0 Å². The first kappa shape index (κ1) is 11.4. The van der Waals surface area contributed by atoms with Crippen molar-refractivity contribution in [3.05, 3.63) is 24.8 Å². The van der Waals surface area contributed by atoms with E-state index in [4.69, 9.17) is 0 Å². The molecule has 1 heteroatoms. The third-order valence-corrected chi connectivity index (χ3v) is 1.86. The zero-order valence-electron chi connectivity index (χ0n) is 8.40. The summed E-state index contributed by atoms with van der Waals surface area (Å²) < 4.78 is 0. The fourth-order valence-electron chi connectivity index (χ4n) is 1.21. The molecule has 0 aliphatic carbocycles. The lowest BCUT2D eigenvalue weighted by atomic mass is 10.0. The van der Waals surface area contributed by atoms with Crippen LogP contribution < -0.4 is 5.32 Å². The minimum absolute atomic E-state index is 0.587. The molecule has 0 saturated heterocycles. The molecule has 0 aromatic rings. The highest BCUT2D eigenvalue weighted by molar-refractivity contribution is 4.90. The molecule has 0 saturated carbocycles. The number of rotatable bonds is 7. The molecule has 1 nitrogen and oxygen atoms in total. The number of allylic oxidation sites excluding steroid dienone is 1. The molecule has 0 heterocycles. The van der Waals surface area contributed by atoms with Gasteiger partial charge < -0.3 is 5.32 Å². The normalized spacial score (nSPS) is 12.5. The third-order valence-electron chi connectivity index (χ3n) is 1.86. The SMILES string of the molecule is C=CCC(CCC(=C)C)NCC. The molecule has 1 N–H and O–H groups in total. The Morgan fingerprint density at radius 1 is 1.58 bits per heavy atom. The highest BCUT2D eigenvalue weighted by atomic mass is 14.9. The Balaban J connectivity index is 3.61. The average molecular weight is 167 g/mol. The predicted molar refractivity (Wildman–Crippen MR) is 56.3 cm³/mol. The fraction of sp³-hybridized carbons (Fsp3) is 0.636. The molecule has 0 spiro atoms. The molecular formula is C11H21N. The van der Waals surface area contributed by atoms with Crippen LogP contribution >= 0.6 is 0 Å². The second kappa shape index (κ2) is 7.11. The average Bonchev–Trinajstić information content (AvgIpc) is 2.01. The molecule has 0 aliphatic heterocycles. The first-order chi connectivity index (χ1) is 5.70. The molecule has 0 rings (SSSR count). The molecule has 0 radical (unpaired) electrons. The molecule has 0 aromatic heterocycles. The van der Waals surface area contributed by atoms with Gasteiger partial charge in [-0.2, -0.15) is 0 Å². The van der Waals surface area contributed by atoms with Gasteiger partial charge in [0.1, 0.15) is 0 Å². The van der Waals surface area contributed by atoms with Gasteiger partial charge in [-0.15, -0.1) is 13.2 Å². The van der Waals surface area contributed by atoms with Crippen LogP contribution in [0.15, 0.2) is 24.8 Å². The predicted octanol–water partition coefficient (Wildman–Crippen LogP) is 2.90. The van der Waals surface area contributed by atoms with Gasteiger partial charge in [-0.3, -0.25) is 0 Å². The van der Waals surface area contributed by atoms with E-state index in [2.05, 4.69) is 32.3 Å². The minimum atomic E-state index is 0.587. The smallest absolute Gasteiger partial charge is 0.0104 e. The number of hydrogen-bond donors (Lipinski definition) is 1. The molecule has 0 fully saturated rings. The largest absolute Gasteiger partial charge is 0.314 e. The van der Waals surface area contributed by atoms with Crippen molar-refractivity contribution in [1.29, 1.82) is 0 Å². The van der Waals surface area contributed by atoms with Crippen LogP contribution in [-0.2, 0) is 0 Å². The Bertz CT molecular complexity index is 138. The lowest BCUT2D eigenvalue weighted by Gasteiger charge is -2.15. The van der Waals surface area contributed by atoms with E-state index < -0.39 is 0 Å². The molecule has 0 amide bonds. The maximum atomic E-state index is 3.89. The van der Waals surface area contributed by atoms with Crippen molar-refractivity contribution in [3.63, 3.8) is 0 Å². The summed E-state index contributed by atoms with van der Waals surface area (Å²) in [6.45, 7) is 12.9. The second-order valence-electron chi connectivity index (χ2n) is 3.27. The van der Waals surface area contributed by atoms with E-state index in [0.717, 1.165) is 19.4 Å². The van der Waals surface area contributed by atoms with Crippen LogP contribution in [0.1, 0.15) is 33.1 Å². The van der Waals surface area contributed by atoms with E-state index in [1.165, 1.54) is 12.0 Å². The topological polar surface area (TPSA) is 12.0 Å². The third kappa shape index (κ3) is 6.17. The zero-order valence-corrected chi connectivity index (χ0v) is 8.40. The summed E-state index contributed by atoms with van der Waals surface area (Å²) in [5.41, 5.74) is 1.27. The zero-order chi connectivity index (χ0) is 9.40. The summed E-state index contributed by atoms with van der Waals surface area (Å²) in [7, 11) is 0. The van der Waals surface area contributed by atoms with Crippen LogP contribution in [-0.4, -0.2) is 12.6 Å². The Morgan fingerprint density at radius 3 is 2.67 bits per heavy atom. The molecule has 1 atom stereocenters. The highest BCUT2D eigenvalue weighted by Crippen LogP contribution is 2.07. The molecule has 0 aromatic carbocycles. The quantitative estimate of drug-likeness (QED) is 0.575. The molecule has 0 aliphatic rings. The summed E-state index contributed by atoms with van der Waals surface area (Å²) in [5, 5.41) is 3.43. The standard InChI is InChI=1S/C11H21N/c1-5-7-11(12-6-2)9-8-10(3)4/h5,11-12H,1,3,6-9H2,2,4H3. The second-order valence-corrected chi connectivity index (χ2v) is 3.27. The van der Waals surface area contributed by atoms with Gasteiger partial charge in [0.05, 0.1) is 0 Å². The van der Waals surface area contributed by atoms with Crippen molar-refractivity contribution in [2.45, 2.75) is 39.2 Å². The van der Waals surface area contributed by atoms with Crippen molar-refractivity contribution < 1.29 is 0 Å². The maximum absolute atomic E-state index is 3.89. The van der Waals surface area contributed by atoms with Crippen LogP contribution in [0.3, 0.4) is 0 Å². The Kier molecular flexibility index (Phi) is 6.78. The summed E-state index contributed by atoms with van der Waals surface area (Å²) in [6.07, 6.45) is 5.33. The van der Waals surface area contributed by atoms with Crippen molar-refractivity contribution in [2.75, 3.05) is 6.54 Å². The summed E-state index contributed by atoms with van der Waals surface area (Å²) >= 11 is 0. The van der Waals surface area contributed by atoms with Gasteiger partial charge in [0.15, 0.2) is 0 Å². The van der Waals surface area contributed by atoms with Gasteiger partial charge in [0.25, 0.3) is 0 Å². The number of hydrogen-bond acceptors (Lipinski definition) is 1. The van der Waals surface area contributed by atoms with Crippen LogP contribution in [0, 0.1) is 0 Å². The van der Waals surface area contributed by atoms with Gasteiger partial charge in [-0.25, -0.2) is 0 Å². The van der Waals surface area contributed by atoms with E-state index in [0.29, 0.717) is 6.04 Å². The number of nitrogens with one attached hydrogen (secondary N) is 1. The summed E-state index contributed by atoms with van der Waals surface area (Å²) in [5.74, 6) is 0. The van der Waals surface area contributed by atoms with Gasteiger partial charge in [0, 0.05) is 6.04 Å². The summed E-state index contributed by atoms with van der Waals surface area (Å²) in [4.78, 5) is 0. The van der Waals surface area contributed by atoms with Crippen molar-refractivity contribution in [2.24, 2.45) is 0 Å².